The molecule has 0 radical (unpaired) electrons. The second-order valence-electron chi connectivity index (χ2n) is 3.87. The van der Waals surface area contributed by atoms with Crippen LogP contribution in [-0.2, 0) is 0 Å². The zero-order valence-corrected chi connectivity index (χ0v) is 9.53. The van der Waals surface area contributed by atoms with Crippen molar-refractivity contribution in [2.75, 3.05) is 0 Å². The van der Waals surface area contributed by atoms with Crippen LogP contribution in [0, 0.1) is 0 Å². The smallest absolute Gasteiger partial charge is 0.356 e. The lowest BCUT2D eigenvalue weighted by Gasteiger charge is -2.08. The fraction of sp³-hybridized carbons (Fsp3) is 0.273. The molecule has 2 rings (SSSR count). The second kappa shape index (κ2) is 4.32. The van der Waals surface area contributed by atoms with E-state index in [0.29, 0.717) is 11.5 Å². The summed E-state index contributed by atoms with van der Waals surface area (Å²) in [7, 11) is 0. The topological polar surface area (TPSA) is 80.9 Å². The average Bonchev–Trinajstić information content (AvgIpc) is 2.81. The number of rotatable bonds is 3. The number of hydrogen-bond acceptors (Lipinski definition) is 4. The summed E-state index contributed by atoms with van der Waals surface area (Å²) in [6.45, 7) is 3.82. The lowest BCUT2D eigenvalue weighted by atomic mass is 10.2. The van der Waals surface area contributed by atoms with Gasteiger partial charge in [0.05, 0.1) is 6.20 Å². The number of carbonyl (C=O) groups is 1. The summed E-state index contributed by atoms with van der Waals surface area (Å²) in [4.78, 5) is 19.4. The molecule has 0 saturated carbocycles. The molecule has 0 bridgehead atoms. The van der Waals surface area contributed by atoms with Crippen molar-refractivity contribution >= 4 is 5.97 Å². The third-order valence-electron chi connectivity index (χ3n) is 2.26. The van der Waals surface area contributed by atoms with Crippen LogP contribution in [0.3, 0.4) is 0 Å². The molecule has 0 aromatic carbocycles. The minimum atomic E-state index is -1.08. The van der Waals surface area contributed by atoms with Crippen molar-refractivity contribution < 1.29 is 9.90 Å². The Morgan fingerprint density at radius 3 is 2.76 bits per heavy atom. The zero-order chi connectivity index (χ0) is 12.4. The van der Waals surface area contributed by atoms with Crippen molar-refractivity contribution in [3.05, 3.63) is 36.2 Å². The van der Waals surface area contributed by atoms with Gasteiger partial charge in [-0.25, -0.2) is 19.4 Å². The number of carboxylic acid groups (broad SMARTS) is 1. The Bertz CT molecular complexity index is 534. The SMILES string of the molecule is CC(C)c1ncc(-n2cccn2)c(C(=O)O)n1. The third kappa shape index (κ3) is 2.15. The fourth-order valence-corrected chi connectivity index (χ4v) is 1.40. The van der Waals surface area contributed by atoms with Crippen LogP contribution in [-0.4, -0.2) is 30.8 Å². The first-order valence-corrected chi connectivity index (χ1v) is 5.20. The van der Waals surface area contributed by atoms with Gasteiger partial charge in [-0.3, -0.25) is 0 Å². The molecule has 0 fully saturated rings. The van der Waals surface area contributed by atoms with Crippen LogP contribution in [0.25, 0.3) is 5.69 Å². The molecule has 88 valence electrons. The van der Waals surface area contributed by atoms with Gasteiger partial charge in [-0.2, -0.15) is 5.10 Å². The molecule has 6 nitrogen and oxygen atoms in total. The maximum atomic E-state index is 11.2. The highest BCUT2D eigenvalue weighted by molar-refractivity contribution is 5.89. The van der Waals surface area contributed by atoms with Crippen molar-refractivity contribution in [1.82, 2.24) is 19.7 Å². The molecule has 0 spiro atoms. The predicted octanol–water partition coefficient (Wildman–Crippen LogP) is 1.48. The van der Waals surface area contributed by atoms with Gasteiger partial charge in [-0.15, -0.1) is 0 Å². The highest BCUT2D eigenvalue weighted by Gasteiger charge is 2.16. The molecule has 2 heterocycles. The minimum Gasteiger partial charge on any atom is -0.476 e. The molecule has 17 heavy (non-hydrogen) atoms. The standard InChI is InChI=1S/C11H12N4O2/c1-7(2)10-12-6-8(9(14-10)11(16)17)15-5-3-4-13-15/h3-7H,1-2H3,(H,16,17). The minimum absolute atomic E-state index is 0.0348. The van der Waals surface area contributed by atoms with Crippen LogP contribution < -0.4 is 0 Å². The van der Waals surface area contributed by atoms with Gasteiger partial charge in [-0.1, -0.05) is 13.8 Å². The van der Waals surface area contributed by atoms with Gasteiger partial charge in [0.25, 0.3) is 0 Å². The summed E-state index contributed by atoms with van der Waals surface area (Å²) in [5.74, 6) is -0.488. The molecule has 6 heteroatoms. The van der Waals surface area contributed by atoms with Crippen LogP contribution in [0.2, 0.25) is 0 Å². The Balaban J connectivity index is 2.57. The summed E-state index contributed by atoms with van der Waals surface area (Å²) in [6.07, 6.45) is 4.71. The second-order valence-corrected chi connectivity index (χ2v) is 3.87. The van der Waals surface area contributed by atoms with Crippen LogP contribution in [0.1, 0.15) is 36.1 Å². The van der Waals surface area contributed by atoms with Crippen molar-refractivity contribution in [3.63, 3.8) is 0 Å². The van der Waals surface area contributed by atoms with E-state index in [1.807, 2.05) is 13.8 Å². The van der Waals surface area contributed by atoms with Gasteiger partial charge in [0.2, 0.25) is 0 Å². The van der Waals surface area contributed by atoms with Gasteiger partial charge >= 0.3 is 5.97 Å². The Kier molecular flexibility index (Phi) is 2.86. The summed E-state index contributed by atoms with van der Waals surface area (Å²) >= 11 is 0. The zero-order valence-electron chi connectivity index (χ0n) is 9.53. The molecule has 0 aliphatic heterocycles. The van der Waals surface area contributed by atoms with Gasteiger partial charge in [0, 0.05) is 18.3 Å². The number of carboxylic acids is 1. The Hall–Kier alpha value is -2.24. The van der Waals surface area contributed by atoms with Gasteiger partial charge < -0.3 is 5.11 Å². The molecule has 0 atom stereocenters. The first-order chi connectivity index (χ1) is 8.09. The lowest BCUT2D eigenvalue weighted by molar-refractivity contribution is 0.0689. The largest absolute Gasteiger partial charge is 0.476 e. The monoisotopic (exact) mass is 232 g/mol. The average molecular weight is 232 g/mol. The van der Waals surface area contributed by atoms with Crippen molar-refractivity contribution in [1.29, 1.82) is 0 Å². The van der Waals surface area contributed by atoms with E-state index in [4.69, 9.17) is 5.11 Å². The molecular weight excluding hydrogens is 220 g/mol. The molecule has 2 aromatic rings. The maximum absolute atomic E-state index is 11.2. The third-order valence-corrected chi connectivity index (χ3v) is 2.26. The summed E-state index contributed by atoms with van der Waals surface area (Å²) in [5, 5.41) is 13.1. The molecule has 1 N–H and O–H groups in total. The molecular formula is C11H12N4O2. The number of nitrogens with zero attached hydrogens (tertiary/aromatic N) is 4. The lowest BCUT2D eigenvalue weighted by Crippen LogP contribution is -2.12. The number of aromatic carboxylic acids is 1. The normalized spacial score (nSPS) is 10.8. The molecule has 2 aromatic heterocycles. The van der Waals surface area contributed by atoms with Crippen molar-refractivity contribution in [2.45, 2.75) is 19.8 Å². The Labute approximate surface area is 98.0 Å². The van der Waals surface area contributed by atoms with Crippen LogP contribution in [0.4, 0.5) is 0 Å². The van der Waals surface area contributed by atoms with Gasteiger partial charge in [0.1, 0.15) is 11.5 Å². The van der Waals surface area contributed by atoms with E-state index in [9.17, 15) is 4.79 Å². The van der Waals surface area contributed by atoms with Crippen molar-refractivity contribution in [2.24, 2.45) is 0 Å². The van der Waals surface area contributed by atoms with E-state index in [0.717, 1.165) is 0 Å². The van der Waals surface area contributed by atoms with Crippen LogP contribution in [0.15, 0.2) is 24.7 Å². The summed E-state index contributed by atoms with van der Waals surface area (Å²) < 4.78 is 1.44. The van der Waals surface area contributed by atoms with Crippen molar-refractivity contribution in [3.8, 4) is 5.69 Å². The van der Waals surface area contributed by atoms with Crippen LogP contribution >= 0.6 is 0 Å². The summed E-state index contributed by atoms with van der Waals surface area (Å²) in [5.41, 5.74) is 0.333. The van der Waals surface area contributed by atoms with Crippen LogP contribution in [0.5, 0.6) is 0 Å². The number of aromatic nitrogens is 4. The van der Waals surface area contributed by atoms with E-state index in [1.165, 1.54) is 10.9 Å². The summed E-state index contributed by atoms with van der Waals surface area (Å²) in [6, 6.07) is 1.71. The highest BCUT2D eigenvalue weighted by Crippen LogP contribution is 2.15. The fourth-order valence-electron chi connectivity index (χ4n) is 1.40. The van der Waals surface area contributed by atoms with E-state index < -0.39 is 5.97 Å². The first kappa shape index (κ1) is 11.3. The molecule has 0 amide bonds. The molecule has 0 aliphatic rings. The van der Waals surface area contributed by atoms with Gasteiger partial charge in [-0.05, 0) is 6.07 Å². The quantitative estimate of drug-likeness (QED) is 0.866. The maximum Gasteiger partial charge on any atom is 0.356 e. The Morgan fingerprint density at radius 1 is 1.47 bits per heavy atom. The number of hydrogen-bond donors (Lipinski definition) is 1. The Morgan fingerprint density at radius 2 is 2.24 bits per heavy atom. The van der Waals surface area contributed by atoms with E-state index in [1.54, 1.807) is 18.5 Å². The molecule has 0 unspecified atom stereocenters. The molecule has 0 aliphatic carbocycles. The van der Waals surface area contributed by atoms with Gasteiger partial charge in [0.15, 0.2) is 5.69 Å². The predicted molar refractivity (Wildman–Crippen MR) is 60.2 cm³/mol. The van der Waals surface area contributed by atoms with E-state index in [-0.39, 0.29) is 11.6 Å². The highest BCUT2D eigenvalue weighted by atomic mass is 16.4. The molecule has 0 saturated heterocycles. The first-order valence-electron chi connectivity index (χ1n) is 5.20. The van der Waals surface area contributed by atoms with E-state index in [2.05, 4.69) is 15.1 Å². The van der Waals surface area contributed by atoms with E-state index >= 15 is 0 Å².